The Morgan fingerprint density at radius 2 is 1.67 bits per heavy atom. The zero-order valence-electron chi connectivity index (χ0n) is 16.6. The minimum Gasteiger partial charge on any atom is -0.352 e. The molecule has 0 N–H and O–H groups in total. The van der Waals surface area contributed by atoms with Crippen LogP contribution in [0.5, 0.6) is 0 Å². The molecule has 0 spiro atoms. The van der Waals surface area contributed by atoms with E-state index in [2.05, 4.69) is 66.3 Å². The summed E-state index contributed by atoms with van der Waals surface area (Å²) >= 11 is 7.91. The van der Waals surface area contributed by atoms with Gasteiger partial charge in [0.25, 0.3) is 0 Å². The topological polar surface area (TPSA) is 58.0 Å². The minimum atomic E-state index is 0.293. The lowest BCUT2D eigenvalue weighted by Gasteiger charge is -2.35. The van der Waals surface area contributed by atoms with Crippen LogP contribution < -0.4 is 9.80 Å². The average Bonchev–Trinajstić information content (AvgIpc) is 3.23. The van der Waals surface area contributed by atoms with Gasteiger partial charge in [-0.25, -0.2) is 15.0 Å². The summed E-state index contributed by atoms with van der Waals surface area (Å²) in [5.41, 5.74) is 3.68. The molecule has 0 bridgehead atoms. The predicted octanol–water partition coefficient (Wildman–Crippen LogP) is 4.69. The third-order valence-corrected chi connectivity index (χ3v) is 6.52. The molecule has 8 heteroatoms. The van der Waals surface area contributed by atoms with Crippen molar-refractivity contribution in [2.75, 3.05) is 36.0 Å². The molecule has 1 aliphatic heterocycles. The number of thiophene rings is 1. The number of hydrogen-bond donors (Lipinski definition) is 0. The van der Waals surface area contributed by atoms with E-state index in [4.69, 9.17) is 11.6 Å². The number of halogens is 1. The fourth-order valence-corrected chi connectivity index (χ4v) is 4.99. The maximum absolute atomic E-state index is 6.29. The Bertz CT molecular complexity index is 1150. The summed E-state index contributed by atoms with van der Waals surface area (Å²) in [6.45, 7) is 5.48. The van der Waals surface area contributed by atoms with E-state index in [1.165, 1.54) is 11.1 Å². The molecule has 4 aromatic rings. The molecule has 1 fully saturated rings. The lowest BCUT2D eigenvalue weighted by atomic mass is 10.0. The quantitative estimate of drug-likeness (QED) is 0.432. The van der Waals surface area contributed by atoms with Gasteiger partial charge in [-0.05, 0) is 35.2 Å². The van der Waals surface area contributed by atoms with E-state index >= 15 is 0 Å². The number of rotatable bonds is 4. The second-order valence-corrected chi connectivity index (χ2v) is 8.42. The number of aryl methyl sites for hydroxylation is 1. The molecule has 1 aliphatic rings. The molecule has 5 rings (SSSR count). The number of anilines is 2. The Kier molecular flexibility index (Phi) is 5.23. The van der Waals surface area contributed by atoms with Crippen LogP contribution in [-0.4, -0.2) is 46.1 Å². The van der Waals surface area contributed by atoms with Gasteiger partial charge >= 0.3 is 0 Å². The normalized spacial score (nSPS) is 14.5. The third-order valence-electron chi connectivity index (χ3n) is 5.47. The summed E-state index contributed by atoms with van der Waals surface area (Å²) < 4.78 is 0. The minimum absolute atomic E-state index is 0.293. The van der Waals surface area contributed by atoms with Crippen molar-refractivity contribution in [2.45, 2.75) is 13.3 Å². The SMILES string of the molecule is CCc1ccc(-c2csc3nc(Cl)nc(N4CCN(c5ncccn5)CC4)c23)cc1. The third kappa shape index (κ3) is 3.59. The van der Waals surface area contributed by atoms with Gasteiger partial charge < -0.3 is 9.80 Å². The molecule has 0 atom stereocenters. The van der Waals surface area contributed by atoms with Crippen molar-refractivity contribution >= 4 is 44.9 Å². The summed E-state index contributed by atoms with van der Waals surface area (Å²) in [5, 5.41) is 3.54. The molecular weight excluding hydrogens is 416 g/mol. The molecule has 30 heavy (non-hydrogen) atoms. The van der Waals surface area contributed by atoms with E-state index in [0.29, 0.717) is 5.28 Å². The summed E-state index contributed by atoms with van der Waals surface area (Å²) in [4.78, 5) is 23.3. The molecule has 3 aromatic heterocycles. The summed E-state index contributed by atoms with van der Waals surface area (Å²) in [6.07, 6.45) is 4.60. The second kappa shape index (κ2) is 8.16. The van der Waals surface area contributed by atoms with Crippen LogP contribution in [-0.2, 0) is 6.42 Å². The Hall–Kier alpha value is -2.77. The first-order valence-corrected chi connectivity index (χ1v) is 11.3. The van der Waals surface area contributed by atoms with E-state index in [9.17, 15) is 0 Å². The number of aromatic nitrogens is 4. The van der Waals surface area contributed by atoms with E-state index < -0.39 is 0 Å². The van der Waals surface area contributed by atoms with Gasteiger partial charge in [0.15, 0.2) is 0 Å². The zero-order chi connectivity index (χ0) is 20.5. The van der Waals surface area contributed by atoms with Crippen molar-refractivity contribution in [2.24, 2.45) is 0 Å². The van der Waals surface area contributed by atoms with E-state index in [1.54, 1.807) is 23.7 Å². The van der Waals surface area contributed by atoms with Crippen LogP contribution in [0.25, 0.3) is 21.3 Å². The Balaban J connectivity index is 1.49. The molecule has 152 valence electrons. The van der Waals surface area contributed by atoms with Gasteiger partial charge in [-0.2, -0.15) is 4.98 Å². The second-order valence-electron chi connectivity index (χ2n) is 7.22. The van der Waals surface area contributed by atoms with Crippen molar-refractivity contribution in [1.82, 2.24) is 19.9 Å². The summed E-state index contributed by atoms with van der Waals surface area (Å²) in [5.74, 6) is 1.68. The average molecular weight is 437 g/mol. The standard InChI is InChI=1S/C22H21ClN6S/c1-2-15-4-6-16(7-5-15)17-14-30-20-18(17)19(26-21(23)27-20)28-10-12-29(13-11-28)22-24-8-3-9-25-22/h3-9,14H,2,10-13H2,1H3. The smallest absolute Gasteiger partial charge is 0.225 e. The molecule has 4 heterocycles. The molecule has 1 saturated heterocycles. The molecule has 6 nitrogen and oxygen atoms in total. The highest BCUT2D eigenvalue weighted by Crippen LogP contribution is 2.39. The number of hydrogen-bond acceptors (Lipinski definition) is 7. The number of piperazine rings is 1. The van der Waals surface area contributed by atoms with Gasteiger partial charge in [0.1, 0.15) is 10.6 Å². The largest absolute Gasteiger partial charge is 0.352 e. The number of benzene rings is 1. The van der Waals surface area contributed by atoms with Crippen LogP contribution in [0.3, 0.4) is 0 Å². The van der Waals surface area contributed by atoms with E-state index in [1.807, 2.05) is 6.07 Å². The fraction of sp³-hybridized carbons (Fsp3) is 0.273. The summed E-state index contributed by atoms with van der Waals surface area (Å²) in [6, 6.07) is 10.6. The van der Waals surface area contributed by atoms with E-state index in [-0.39, 0.29) is 0 Å². The van der Waals surface area contributed by atoms with Crippen molar-refractivity contribution < 1.29 is 0 Å². The van der Waals surface area contributed by atoms with Gasteiger partial charge in [-0.3, -0.25) is 0 Å². The van der Waals surface area contributed by atoms with Crippen molar-refractivity contribution in [3.63, 3.8) is 0 Å². The van der Waals surface area contributed by atoms with Crippen molar-refractivity contribution in [1.29, 1.82) is 0 Å². The first-order chi connectivity index (χ1) is 14.7. The first kappa shape index (κ1) is 19.2. The van der Waals surface area contributed by atoms with Crippen LogP contribution >= 0.6 is 22.9 Å². The van der Waals surface area contributed by atoms with Crippen molar-refractivity contribution in [3.05, 3.63) is 59.0 Å². The van der Waals surface area contributed by atoms with Gasteiger partial charge in [0.05, 0.1) is 5.39 Å². The van der Waals surface area contributed by atoms with Crippen molar-refractivity contribution in [3.8, 4) is 11.1 Å². The molecule has 0 amide bonds. The first-order valence-electron chi connectivity index (χ1n) is 10.0. The Morgan fingerprint density at radius 1 is 0.967 bits per heavy atom. The fourth-order valence-electron chi connectivity index (χ4n) is 3.83. The van der Waals surface area contributed by atoms with Gasteiger partial charge in [-0.15, -0.1) is 11.3 Å². The van der Waals surface area contributed by atoms with Gasteiger partial charge in [0.2, 0.25) is 11.2 Å². The van der Waals surface area contributed by atoms with Crippen LogP contribution in [0.15, 0.2) is 48.1 Å². The maximum atomic E-state index is 6.29. The van der Waals surface area contributed by atoms with Gasteiger partial charge in [-0.1, -0.05) is 31.2 Å². The van der Waals surface area contributed by atoms with Crippen LogP contribution in [0.1, 0.15) is 12.5 Å². The Morgan fingerprint density at radius 3 is 2.37 bits per heavy atom. The van der Waals surface area contributed by atoms with Crippen LogP contribution in [0.2, 0.25) is 5.28 Å². The molecule has 0 unspecified atom stereocenters. The molecule has 0 saturated carbocycles. The lowest BCUT2D eigenvalue weighted by molar-refractivity contribution is 0.636. The molecule has 1 aromatic carbocycles. The van der Waals surface area contributed by atoms with E-state index in [0.717, 1.165) is 60.1 Å². The number of fused-ring (bicyclic) bond motifs is 1. The van der Waals surface area contributed by atoms with Crippen LogP contribution in [0.4, 0.5) is 11.8 Å². The number of nitrogens with zero attached hydrogens (tertiary/aromatic N) is 6. The molecule has 0 aliphatic carbocycles. The predicted molar refractivity (Wildman–Crippen MR) is 124 cm³/mol. The molecule has 0 radical (unpaired) electrons. The maximum Gasteiger partial charge on any atom is 0.225 e. The molecular formula is C22H21ClN6S. The van der Waals surface area contributed by atoms with Crippen LogP contribution in [0, 0.1) is 0 Å². The lowest BCUT2D eigenvalue weighted by Crippen LogP contribution is -2.47. The summed E-state index contributed by atoms with van der Waals surface area (Å²) in [7, 11) is 0. The monoisotopic (exact) mass is 436 g/mol. The zero-order valence-corrected chi connectivity index (χ0v) is 18.2. The van der Waals surface area contributed by atoms with Gasteiger partial charge in [0, 0.05) is 49.5 Å². The highest BCUT2D eigenvalue weighted by molar-refractivity contribution is 7.17. The highest BCUT2D eigenvalue weighted by atomic mass is 35.5. The highest BCUT2D eigenvalue weighted by Gasteiger charge is 2.24. The Labute approximate surface area is 184 Å².